The monoisotopic (exact) mass is 336 g/mol. The molecule has 1 atom stereocenters. The standard InChI is InChI=1S/C22H28N2O/c1-6-24(7-2)16(4)22-21(17-9-11-18(25-5)12-10-17)19-14-15(3)8-13-20(19)23-22/h8-14,16,23H,6-7H2,1-5H3. The Hall–Kier alpha value is -2.26. The number of benzene rings is 2. The summed E-state index contributed by atoms with van der Waals surface area (Å²) in [7, 11) is 1.71. The lowest BCUT2D eigenvalue weighted by atomic mass is 9.97. The van der Waals surface area contributed by atoms with Crippen LogP contribution >= 0.6 is 0 Å². The van der Waals surface area contributed by atoms with Crippen LogP contribution in [0.25, 0.3) is 22.0 Å². The zero-order chi connectivity index (χ0) is 18.0. The molecule has 1 N–H and O–H groups in total. The highest BCUT2D eigenvalue weighted by Crippen LogP contribution is 2.38. The van der Waals surface area contributed by atoms with Gasteiger partial charge in [-0.3, -0.25) is 4.90 Å². The maximum Gasteiger partial charge on any atom is 0.118 e. The molecule has 3 nitrogen and oxygen atoms in total. The van der Waals surface area contributed by atoms with Gasteiger partial charge in [0.1, 0.15) is 5.75 Å². The van der Waals surface area contributed by atoms with Gasteiger partial charge in [-0.05, 0) is 56.8 Å². The quantitative estimate of drug-likeness (QED) is 0.639. The number of aromatic amines is 1. The Bertz CT molecular complexity index is 844. The van der Waals surface area contributed by atoms with Crippen molar-refractivity contribution in [3.63, 3.8) is 0 Å². The van der Waals surface area contributed by atoms with Gasteiger partial charge in [-0.25, -0.2) is 0 Å². The average Bonchev–Trinajstić information content (AvgIpc) is 3.01. The molecule has 25 heavy (non-hydrogen) atoms. The SMILES string of the molecule is CCN(CC)C(C)c1[nH]c2ccc(C)cc2c1-c1ccc(OC)cc1. The fraction of sp³-hybridized carbons (Fsp3) is 0.364. The fourth-order valence-corrected chi connectivity index (χ4v) is 3.66. The number of nitrogens with zero attached hydrogens (tertiary/aromatic N) is 1. The van der Waals surface area contributed by atoms with E-state index in [9.17, 15) is 0 Å². The Morgan fingerprint density at radius 2 is 1.72 bits per heavy atom. The van der Waals surface area contributed by atoms with Crippen molar-refractivity contribution in [2.45, 2.75) is 33.7 Å². The van der Waals surface area contributed by atoms with Crippen LogP contribution in [0.3, 0.4) is 0 Å². The van der Waals surface area contributed by atoms with E-state index in [1.165, 1.54) is 33.3 Å². The minimum atomic E-state index is 0.333. The van der Waals surface area contributed by atoms with Gasteiger partial charge in [-0.2, -0.15) is 0 Å². The zero-order valence-electron chi connectivity index (χ0n) is 15.9. The number of H-pyrrole nitrogens is 1. The van der Waals surface area contributed by atoms with Crippen molar-refractivity contribution in [1.29, 1.82) is 0 Å². The first-order valence-corrected chi connectivity index (χ1v) is 9.09. The number of nitrogens with one attached hydrogen (secondary N) is 1. The summed E-state index contributed by atoms with van der Waals surface area (Å²) in [5, 5.41) is 1.29. The van der Waals surface area contributed by atoms with E-state index < -0.39 is 0 Å². The van der Waals surface area contributed by atoms with Gasteiger partial charge in [-0.15, -0.1) is 0 Å². The first-order valence-electron chi connectivity index (χ1n) is 9.09. The van der Waals surface area contributed by atoms with E-state index >= 15 is 0 Å². The molecule has 0 spiro atoms. The van der Waals surface area contributed by atoms with Crippen LogP contribution in [-0.4, -0.2) is 30.1 Å². The first kappa shape index (κ1) is 17.6. The van der Waals surface area contributed by atoms with Crippen LogP contribution in [-0.2, 0) is 0 Å². The predicted octanol–water partition coefficient (Wildman–Crippen LogP) is 5.55. The Kier molecular flexibility index (Phi) is 5.14. The summed E-state index contributed by atoms with van der Waals surface area (Å²) >= 11 is 0. The Morgan fingerprint density at radius 3 is 2.32 bits per heavy atom. The Balaban J connectivity index is 2.21. The highest BCUT2D eigenvalue weighted by Gasteiger charge is 2.21. The van der Waals surface area contributed by atoms with Gasteiger partial charge in [0, 0.05) is 28.2 Å². The molecule has 1 unspecified atom stereocenters. The second kappa shape index (κ2) is 7.32. The normalized spacial score (nSPS) is 12.7. The van der Waals surface area contributed by atoms with E-state index in [1.807, 2.05) is 12.1 Å². The summed E-state index contributed by atoms with van der Waals surface area (Å²) in [6.07, 6.45) is 0. The van der Waals surface area contributed by atoms with Gasteiger partial charge in [0.05, 0.1) is 7.11 Å². The van der Waals surface area contributed by atoms with E-state index in [-0.39, 0.29) is 0 Å². The number of rotatable bonds is 6. The van der Waals surface area contributed by atoms with Gasteiger partial charge >= 0.3 is 0 Å². The lowest BCUT2D eigenvalue weighted by Gasteiger charge is -2.26. The van der Waals surface area contributed by atoms with Gasteiger partial charge in [0.2, 0.25) is 0 Å². The van der Waals surface area contributed by atoms with Crippen LogP contribution in [0.5, 0.6) is 5.75 Å². The molecular weight excluding hydrogens is 308 g/mol. The number of aryl methyl sites for hydroxylation is 1. The van der Waals surface area contributed by atoms with Crippen molar-refractivity contribution in [3.8, 4) is 16.9 Å². The molecule has 132 valence electrons. The largest absolute Gasteiger partial charge is 0.497 e. The minimum Gasteiger partial charge on any atom is -0.497 e. The third kappa shape index (κ3) is 3.29. The molecule has 0 aliphatic carbocycles. The maximum absolute atomic E-state index is 5.33. The van der Waals surface area contributed by atoms with Crippen LogP contribution in [0.4, 0.5) is 0 Å². The maximum atomic E-state index is 5.33. The van der Waals surface area contributed by atoms with Crippen molar-refractivity contribution < 1.29 is 4.74 Å². The van der Waals surface area contributed by atoms with Crippen molar-refractivity contribution in [3.05, 3.63) is 53.7 Å². The number of ether oxygens (including phenoxy) is 1. The Labute approximate surface area is 150 Å². The number of hydrogen-bond acceptors (Lipinski definition) is 2. The summed E-state index contributed by atoms with van der Waals surface area (Å²) in [6, 6.07) is 15.4. The molecule has 2 aromatic carbocycles. The predicted molar refractivity (Wildman–Crippen MR) is 106 cm³/mol. The molecule has 0 saturated carbocycles. The zero-order valence-corrected chi connectivity index (χ0v) is 15.9. The third-order valence-corrected chi connectivity index (χ3v) is 5.14. The molecule has 3 aromatic rings. The molecule has 1 heterocycles. The van der Waals surface area contributed by atoms with Gasteiger partial charge < -0.3 is 9.72 Å². The number of aromatic nitrogens is 1. The molecule has 0 bridgehead atoms. The van der Waals surface area contributed by atoms with Crippen LogP contribution in [0.15, 0.2) is 42.5 Å². The number of hydrogen-bond donors (Lipinski definition) is 1. The summed E-state index contributed by atoms with van der Waals surface area (Å²) < 4.78 is 5.33. The summed E-state index contributed by atoms with van der Waals surface area (Å²) in [4.78, 5) is 6.17. The molecule has 0 aliphatic heterocycles. The fourth-order valence-electron chi connectivity index (χ4n) is 3.66. The molecule has 0 fully saturated rings. The topological polar surface area (TPSA) is 28.3 Å². The summed E-state index contributed by atoms with van der Waals surface area (Å²) in [5.41, 5.74) is 6.30. The van der Waals surface area contributed by atoms with Crippen LogP contribution in [0.2, 0.25) is 0 Å². The average molecular weight is 336 g/mol. The first-order chi connectivity index (χ1) is 12.1. The van der Waals surface area contributed by atoms with Crippen LogP contribution in [0.1, 0.15) is 38.1 Å². The van der Waals surface area contributed by atoms with Gasteiger partial charge in [0.15, 0.2) is 0 Å². The summed E-state index contributed by atoms with van der Waals surface area (Å²) in [6.45, 7) is 11.0. The lowest BCUT2D eigenvalue weighted by Crippen LogP contribution is -2.27. The van der Waals surface area contributed by atoms with Crippen molar-refractivity contribution in [2.75, 3.05) is 20.2 Å². The second-order valence-electron chi connectivity index (χ2n) is 6.59. The molecule has 0 radical (unpaired) electrons. The molecule has 0 aliphatic rings. The van der Waals surface area contributed by atoms with Crippen molar-refractivity contribution >= 4 is 10.9 Å². The second-order valence-corrected chi connectivity index (χ2v) is 6.59. The van der Waals surface area contributed by atoms with Crippen molar-refractivity contribution in [1.82, 2.24) is 9.88 Å². The molecule has 0 amide bonds. The number of methoxy groups -OCH3 is 1. The van der Waals surface area contributed by atoms with Crippen molar-refractivity contribution in [2.24, 2.45) is 0 Å². The minimum absolute atomic E-state index is 0.333. The van der Waals surface area contributed by atoms with Gasteiger partial charge in [-0.1, -0.05) is 37.6 Å². The summed E-state index contributed by atoms with van der Waals surface area (Å²) in [5.74, 6) is 0.887. The molecule has 3 rings (SSSR count). The number of fused-ring (bicyclic) bond motifs is 1. The highest BCUT2D eigenvalue weighted by atomic mass is 16.5. The lowest BCUT2D eigenvalue weighted by molar-refractivity contribution is 0.231. The van der Waals surface area contributed by atoms with Crippen LogP contribution in [0, 0.1) is 6.92 Å². The van der Waals surface area contributed by atoms with Gasteiger partial charge in [0.25, 0.3) is 0 Å². The van der Waals surface area contributed by atoms with E-state index in [0.717, 1.165) is 18.8 Å². The molecule has 1 aromatic heterocycles. The Morgan fingerprint density at radius 1 is 1.04 bits per heavy atom. The van der Waals surface area contributed by atoms with E-state index in [4.69, 9.17) is 4.74 Å². The van der Waals surface area contributed by atoms with E-state index in [2.05, 4.69) is 67.9 Å². The molecule has 3 heteroatoms. The molecular formula is C22H28N2O. The molecule has 0 saturated heterocycles. The van der Waals surface area contributed by atoms with E-state index in [0.29, 0.717) is 6.04 Å². The van der Waals surface area contributed by atoms with E-state index in [1.54, 1.807) is 7.11 Å². The van der Waals surface area contributed by atoms with Crippen LogP contribution < -0.4 is 4.74 Å². The third-order valence-electron chi connectivity index (χ3n) is 5.14. The smallest absolute Gasteiger partial charge is 0.118 e. The highest BCUT2D eigenvalue weighted by molar-refractivity contribution is 5.98.